The molecule has 2 heteroatoms. The lowest BCUT2D eigenvalue weighted by Gasteiger charge is -2.32. The Morgan fingerprint density at radius 3 is 3.06 bits per heavy atom. The van der Waals surface area contributed by atoms with Gasteiger partial charge in [-0.05, 0) is 25.7 Å². The molecule has 0 saturated carbocycles. The molecule has 0 amide bonds. The van der Waals surface area contributed by atoms with E-state index >= 15 is 0 Å². The number of hydrogen-bond acceptors (Lipinski definition) is 2. The number of unbranched alkanes of at least 4 members (excludes halogenated alkanes) is 3. The van der Waals surface area contributed by atoms with Crippen LogP contribution in [0, 0.1) is 0 Å². The van der Waals surface area contributed by atoms with Crippen LogP contribution < -0.4 is 0 Å². The topological polar surface area (TPSA) is 20.3 Å². The van der Waals surface area contributed by atoms with Crippen molar-refractivity contribution in [2.45, 2.75) is 64.3 Å². The first-order chi connectivity index (χ1) is 7.81. The quantitative estimate of drug-likeness (QED) is 0.664. The molecule has 0 N–H and O–H groups in total. The molecule has 1 fully saturated rings. The first-order valence-electron chi connectivity index (χ1n) is 6.81. The Kier molecular flexibility index (Phi) is 4.03. The molecule has 0 spiro atoms. The second kappa shape index (κ2) is 5.51. The summed E-state index contributed by atoms with van der Waals surface area (Å²) in [6.07, 6.45) is 11.4. The predicted molar refractivity (Wildman–Crippen MR) is 66.2 cm³/mol. The summed E-state index contributed by atoms with van der Waals surface area (Å²) < 4.78 is 0. The molecule has 0 bridgehead atoms. The Bertz CT molecular complexity index is 282. The normalized spacial score (nSPS) is 24.6. The summed E-state index contributed by atoms with van der Waals surface area (Å²) in [5.74, 6) is 0.355. The lowest BCUT2D eigenvalue weighted by atomic mass is 10.00. The number of nitrogens with zero attached hydrogens (tertiary/aromatic N) is 1. The number of carbonyl (C=O) groups excluding carboxylic acids is 1. The molecule has 16 heavy (non-hydrogen) atoms. The second-order valence-electron chi connectivity index (χ2n) is 5.11. The first-order valence-corrected chi connectivity index (χ1v) is 6.81. The Morgan fingerprint density at radius 1 is 1.38 bits per heavy atom. The summed E-state index contributed by atoms with van der Waals surface area (Å²) in [4.78, 5) is 14.1. The van der Waals surface area contributed by atoms with Crippen molar-refractivity contribution in [3.05, 3.63) is 11.8 Å². The summed E-state index contributed by atoms with van der Waals surface area (Å²) in [5, 5.41) is 0. The minimum Gasteiger partial charge on any atom is -0.371 e. The van der Waals surface area contributed by atoms with Gasteiger partial charge in [0.1, 0.15) is 0 Å². The van der Waals surface area contributed by atoms with Crippen LogP contribution in [-0.4, -0.2) is 23.3 Å². The van der Waals surface area contributed by atoms with Gasteiger partial charge in [-0.3, -0.25) is 4.79 Å². The Morgan fingerprint density at radius 2 is 2.25 bits per heavy atom. The van der Waals surface area contributed by atoms with E-state index in [2.05, 4.69) is 11.8 Å². The van der Waals surface area contributed by atoms with Crippen LogP contribution in [0.5, 0.6) is 0 Å². The Labute approximate surface area is 98.7 Å². The minimum atomic E-state index is 0.355. The monoisotopic (exact) mass is 221 g/mol. The molecule has 2 aliphatic heterocycles. The molecular formula is C14H23NO. The van der Waals surface area contributed by atoms with E-state index in [9.17, 15) is 4.79 Å². The van der Waals surface area contributed by atoms with Gasteiger partial charge in [-0.1, -0.05) is 26.2 Å². The molecule has 0 aromatic heterocycles. The van der Waals surface area contributed by atoms with Crippen LogP contribution in [-0.2, 0) is 4.79 Å². The molecule has 0 radical (unpaired) electrons. The smallest absolute Gasteiger partial charge is 0.159 e. The van der Waals surface area contributed by atoms with Crippen molar-refractivity contribution >= 4 is 5.78 Å². The van der Waals surface area contributed by atoms with Crippen molar-refractivity contribution in [3.63, 3.8) is 0 Å². The van der Waals surface area contributed by atoms with Crippen LogP contribution in [0.4, 0.5) is 0 Å². The largest absolute Gasteiger partial charge is 0.371 e. The predicted octanol–water partition coefficient (Wildman–Crippen LogP) is 3.28. The third kappa shape index (κ3) is 2.66. The first kappa shape index (κ1) is 11.7. The van der Waals surface area contributed by atoms with Crippen molar-refractivity contribution in [1.29, 1.82) is 0 Å². The number of ketones is 1. The zero-order valence-corrected chi connectivity index (χ0v) is 10.4. The molecule has 2 rings (SSSR count). The summed E-state index contributed by atoms with van der Waals surface area (Å²) in [5.41, 5.74) is 1.33. The fourth-order valence-electron chi connectivity index (χ4n) is 2.93. The van der Waals surface area contributed by atoms with E-state index < -0.39 is 0 Å². The van der Waals surface area contributed by atoms with Crippen molar-refractivity contribution in [1.82, 2.24) is 4.90 Å². The molecule has 2 aliphatic rings. The van der Waals surface area contributed by atoms with Gasteiger partial charge in [0.2, 0.25) is 0 Å². The van der Waals surface area contributed by atoms with Gasteiger partial charge in [-0.25, -0.2) is 0 Å². The van der Waals surface area contributed by atoms with Crippen molar-refractivity contribution in [3.8, 4) is 0 Å². The maximum Gasteiger partial charge on any atom is 0.159 e. The maximum atomic E-state index is 11.6. The van der Waals surface area contributed by atoms with E-state index in [-0.39, 0.29) is 0 Å². The maximum absolute atomic E-state index is 11.6. The zero-order chi connectivity index (χ0) is 11.4. The highest BCUT2D eigenvalue weighted by molar-refractivity contribution is 5.91. The SMILES string of the molecule is CCCCCCC1=CC(=O)C[C@@H]2CCCN12. The number of carbonyl (C=O) groups is 1. The average Bonchev–Trinajstić information content (AvgIpc) is 2.72. The molecule has 90 valence electrons. The van der Waals surface area contributed by atoms with Crippen LogP contribution in [0.15, 0.2) is 11.8 Å². The van der Waals surface area contributed by atoms with Crippen LogP contribution in [0.1, 0.15) is 58.3 Å². The van der Waals surface area contributed by atoms with E-state index in [1.54, 1.807) is 0 Å². The fourth-order valence-corrected chi connectivity index (χ4v) is 2.93. The van der Waals surface area contributed by atoms with Gasteiger partial charge in [0.15, 0.2) is 5.78 Å². The van der Waals surface area contributed by atoms with Crippen molar-refractivity contribution in [2.24, 2.45) is 0 Å². The molecule has 0 unspecified atom stereocenters. The van der Waals surface area contributed by atoms with Crippen LogP contribution in [0.2, 0.25) is 0 Å². The molecule has 0 aromatic rings. The van der Waals surface area contributed by atoms with E-state index in [1.165, 1.54) is 50.8 Å². The molecule has 1 saturated heterocycles. The molecule has 2 heterocycles. The van der Waals surface area contributed by atoms with Crippen LogP contribution in [0.3, 0.4) is 0 Å². The van der Waals surface area contributed by atoms with E-state index in [0.717, 1.165) is 12.8 Å². The highest BCUT2D eigenvalue weighted by atomic mass is 16.1. The lowest BCUT2D eigenvalue weighted by molar-refractivity contribution is -0.116. The highest BCUT2D eigenvalue weighted by Gasteiger charge is 2.31. The average molecular weight is 221 g/mol. The minimum absolute atomic E-state index is 0.355. The third-order valence-electron chi connectivity index (χ3n) is 3.80. The van der Waals surface area contributed by atoms with E-state index in [0.29, 0.717) is 11.8 Å². The Hall–Kier alpha value is -0.790. The molecule has 0 aromatic carbocycles. The summed E-state index contributed by atoms with van der Waals surface area (Å²) >= 11 is 0. The van der Waals surface area contributed by atoms with E-state index in [4.69, 9.17) is 0 Å². The van der Waals surface area contributed by atoms with Gasteiger partial charge >= 0.3 is 0 Å². The third-order valence-corrected chi connectivity index (χ3v) is 3.80. The highest BCUT2D eigenvalue weighted by Crippen LogP contribution is 2.31. The van der Waals surface area contributed by atoms with Crippen LogP contribution in [0.25, 0.3) is 0 Å². The van der Waals surface area contributed by atoms with Gasteiger partial charge in [-0.2, -0.15) is 0 Å². The number of allylic oxidation sites excluding steroid dienone is 2. The van der Waals surface area contributed by atoms with Gasteiger partial charge in [0.25, 0.3) is 0 Å². The van der Waals surface area contributed by atoms with Crippen molar-refractivity contribution < 1.29 is 4.79 Å². The van der Waals surface area contributed by atoms with Crippen molar-refractivity contribution in [2.75, 3.05) is 6.54 Å². The lowest BCUT2D eigenvalue weighted by Crippen LogP contribution is -2.34. The van der Waals surface area contributed by atoms with Gasteiger partial charge < -0.3 is 4.90 Å². The molecule has 2 nitrogen and oxygen atoms in total. The summed E-state index contributed by atoms with van der Waals surface area (Å²) in [6, 6.07) is 0.540. The molecular weight excluding hydrogens is 198 g/mol. The summed E-state index contributed by atoms with van der Waals surface area (Å²) in [6.45, 7) is 3.41. The summed E-state index contributed by atoms with van der Waals surface area (Å²) in [7, 11) is 0. The second-order valence-corrected chi connectivity index (χ2v) is 5.11. The zero-order valence-electron chi connectivity index (χ0n) is 10.4. The van der Waals surface area contributed by atoms with Crippen LogP contribution >= 0.6 is 0 Å². The standard InChI is InChI=1S/C14H23NO/c1-2-3-4-5-7-12-10-14(16)11-13-8-6-9-15(12)13/h10,13H,2-9,11H2,1H3/t13-/m0/s1. The number of fused-ring (bicyclic) bond motifs is 1. The number of hydrogen-bond donors (Lipinski definition) is 0. The number of rotatable bonds is 5. The van der Waals surface area contributed by atoms with Gasteiger partial charge in [-0.15, -0.1) is 0 Å². The van der Waals surface area contributed by atoms with Gasteiger partial charge in [0, 0.05) is 30.8 Å². The Balaban J connectivity index is 1.88. The fraction of sp³-hybridized carbons (Fsp3) is 0.786. The van der Waals surface area contributed by atoms with E-state index in [1.807, 2.05) is 6.08 Å². The van der Waals surface area contributed by atoms with Gasteiger partial charge in [0.05, 0.1) is 0 Å². The molecule has 1 atom stereocenters. The molecule has 0 aliphatic carbocycles.